The van der Waals surface area contributed by atoms with Gasteiger partial charge in [0.1, 0.15) is 23.7 Å². The predicted molar refractivity (Wildman–Crippen MR) is 75.7 cm³/mol. The van der Waals surface area contributed by atoms with Crippen LogP contribution in [0, 0.1) is 5.82 Å². The van der Waals surface area contributed by atoms with E-state index in [4.69, 9.17) is 9.15 Å². The third-order valence-corrected chi connectivity index (χ3v) is 3.83. The van der Waals surface area contributed by atoms with Gasteiger partial charge in [0.25, 0.3) is 0 Å². The summed E-state index contributed by atoms with van der Waals surface area (Å²) in [6, 6.07) is 14.0. The van der Waals surface area contributed by atoms with Crippen LogP contribution in [0.5, 0.6) is 5.75 Å². The molecule has 4 rings (SSSR count). The molecule has 2 unspecified atom stereocenters. The van der Waals surface area contributed by atoms with E-state index in [2.05, 4.69) is 0 Å². The van der Waals surface area contributed by atoms with Crippen molar-refractivity contribution in [1.29, 1.82) is 0 Å². The number of aliphatic hydroxyl groups excluding tert-OH is 1. The summed E-state index contributed by atoms with van der Waals surface area (Å²) in [5.74, 6) is 0.679. The normalized spacial score (nSPS) is 18.5. The predicted octanol–water partition coefficient (Wildman–Crippen LogP) is 3.61. The number of para-hydroxylation sites is 2. The van der Waals surface area contributed by atoms with Crippen LogP contribution in [0.1, 0.15) is 17.4 Å². The molecule has 1 aliphatic rings. The van der Waals surface area contributed by atoms with Crippen LogP contribution in [0.3, 0.4) is 0 Å². The van der Waals surface area contributed by atoms with E-state index in [-0.39, 0.29) is 5.58 Å². The first-order valence-electron chi connectivity index (χ1n) is 6.83. The van der Waals surface area contributed by atoms with Crippen LogP contribution in [0.25, 0.3) is 11.0 Å². The lowest BCUT2D eigenvalue weighted by Crippen LogP contribution is -2.22. The van der Waals surface area contributed by atoms with Gasteiger partial charge in [0.2, 0.25) is 0 Å². The highest BCUT2D eigenvalue weighted by molar-refractivity contribution is 5.78. The molecule has 1 aromatic heterocycles. The average molecular weight is 284 g/mol. The molecule has 2 aromatic carbocycles. The van der Waals surface area contributed by atoms with Crippen molar-refractivity contribution in [3.63, 3.8) is 0 Å². The SMILES string of the molecule is OC(c1cc2cccc(F)c2o1)C1Cc2ccccc2O1. The van der Waals surface area contributed by atoms with Gasteiger partial charge in [-0.2, -0.15) is 0 Å². The minimum Gasteiger partial charge on any atom is -0.487 e. The molecule has 0 saturated carbocycles. The van der Waals surface area contributed by atoms with Gasteiger partial charge < -0.3 is 14.3 Å². The van der Waals surface area contributed by atoms with E-state index in [1.54, 1.807) is 18.2 Å². The van der Waals surface area contributed by atoms with Crippen LogP contribution in [0.4, 0.5) is 4.39 Å². The van der Waals surface area contributed by atoms with E-state index < -0.39 is 18.0 Å². The molecule has 3 aromatic rings. The van der Waals surface area contributed by atoms with Crippen LogP contribution >= 0.6 is 0 Å². The lowest BCUT2D eigenvalue weighted by atomic mass is 10.0. The largest absolute Gasteiger partial charge is 0.487 e. The van der Waals surface area contributed by atoms with E-state index in [0.717, 1.165) is 11.3 Å². The van der Waals surface area contributed by atoms with Crippen molar-refractivity contribution in [2.45, 2.75) is 18.6 Å². The Kier molecular flexibility index (Phi) is 2.72. The molecule has 0 saturated heterocycles. The van der Waals surface area contributed by atoms with Gasteiger partial charge in [-0.15, -0.1) is 0 Å². The molecule has 106 valence electrons. The van der Waals surface area contributed by atoms with Crippen molar-refractivity contribution < 1.29 is 18.7 Å². The van der Waals surface area contributed by atoms with Crippen LogP contribution in [0.15, 0.2) is 52.9 Å². The Morgan fingerprint density at radius 1 is 1.14 bits per heavy atom. The summed E-state index contributed by atoms with van der Waals surface area (Å²) < 4.78 is 24.9. The zero-order valence-electron chi connectivity index (χ0n) is 11.1. The van der Waals surface area contributed by atoms with Crippen LogP contribution in [-0.4, -0.2) is 11.2 Å². The van der Waals surface area contributed by atoms with E-state index in [9.17, 15) is 9.50 Å². The second-order valence-electron chi connectivity index (χ2n) is 5.22. The summed E-state index contributed by atoms with van der Waals surface area (Å²) in [6.07, 6.45) is -0.730. The summed E-state index contributed by atoms with van der Waals surface area (Å²) in [6.45, 7) is 0. The standard InChI is InChI=1S/C17H13FO3/c18-12-6-3-5-11-9-15(21-17(11)12)16(19)14-8-10-4-1-2-7-13(10)20-14/h1-7,9,14,16,19H,8H2. The fourth-order valence-corrected chi connectivity index (χ4v) is 2.76. The first-order valence-corrected chi connectivity index (χ1v) is 6.83. The van der Waals surface area contributed by atoms with E-state index in [1.807, 2.05) is 24.3 Å². The van der Waals surface area contributed by atoms with E-state index in [1.165, 1.54) is 6.07 Å². The highest BCUT2D eigenvalue weighted by atomic mass is 19.1. The highest BCUT2D eigenvalue weighted by Gasteiger charge is 2.32. The van der Waals surface area contributed by atoms with Crippen molar-refractivity contribution in [3.8, 4) is 5.75 Å². The Labute approximate surface area is 120 Å². The van der Waals surface area contributed by atoms with Gasteiger partial charge >= 0.3 is 0 Å². The molecule has 0 fully saturated rings. The molecule has 4 heteroatoms. The van der Waals surface area contributed by atoms with E-state index >= 15 is 0 Å². The molecular formula is C17H13FO3. The first-order chi connectivity index (χ1) is 10.2. The van der Waals surface area contributed by atoms with E-state index in [0.29, 0.717) is 17.6 Å². The van der Waals surface area contributed by atoms with Gasteiger partial charge in [-0.3, -0.25) is 0 Å². The van der Waals surface area contributed by atoms with Gasteiger partial charge in [0.15, 0.2) is 11.4 Å². The fraction of sp³-hybridized carbons (Fsp3) is 0.176. The molecular weight excluding hydrogens is 271 g/mol. The van der Waals surface area contributed by atoms with Gasteiger partial charge in [0, 0.05) is 11.8 Å². The summed E-state index contributed by atoms with van der Waals surface area (Å²) in [7, 11) is 0. The zero-order valence-corrected chi connectivity index (χ0v) is 11.1. The molecule has 21 heavy (non-hydrogen) atoms. The first kappa shape index (κ1) is 12.4. The summed E-state index contributed by atoms with van der Waals surface area (Å²) in [4.78, 5) is 0. The van der Waals surface area contributed by atoms with Crippen molar-refractivity contribution in [3.05, 3.63) is 65.7 Å². The highest BCUT2D eigenvalue weighted by Crippen LogP contribution is 2.35. The molecule has 0 bridgehead atoms. The average Bonchev–Trinajstić information content (AvgIpc) is 3.11. The monoisotopic (exact) mass is 284 g/mol. The second-order valence-corrected chi connectivity index (χ2v) is 5.22. The Bertz CT molecular complexity index is 784. The molecule has 0 spiro atoms. The van der Waals surface area contributed by atoms with Crippen LogP contribution in [-0.2, 0) is 6.42 Å². The van der Waals surface area contributed by atoms with Crippen LogP contribution in [0.2, 0.25) is 0 Å². The maximum atomic E-state index is 13.6. The van der Waals surface area contributed by atoms with Gasteiger partial charge in [-0.05, 0) is 23.8 Å². The summed E-state index contributed by atoms with van der Waals surface area (Å²) >= 11 is 0. The molecule has 1 N–H and O–H groups in total. The number of hydrogen-bond acceptors (Lipinski definition) is 3. The molecule has 0 radical (unpaired) electrons. The van der Waals surface area contributed by atoms with Crippen molar-refractivity contribution in [1.82, 2.24) is 0 Å². The number of fused-ring (bicyclic) bond motifs is 2. The number of halogens is 1. The quantitative estimate of drug-likeness (QED) is 0.781. The lowest BCUT2D eigenvalue weighted by molar-refractivity contribution is 0.0350. The Hall–Kier alpha value is -2.33. The van der Waals surface area contributed by atoms with Crippen molar-refractivity contribution in [2.75, 3.05) is 0 Å². The molecule has 0 amide bonds. The van der Waals surface area contributed by atoms with Crippen LogP contribution < -0.4 is 4.74 Å². The van der Waals surface area contributed by atoms with Crippen molar-refractivity contribution in [2.24, 2.45) is 0 Å². The number of benzene rings is 2. The summed E-state index contributed by atoms with van der Waals surface area (Å²) in [5, 5.41) is 11.1. The zero-order chi connectivity index (χ0) is 14.4. The topological polar surface area (TPSA) is 42.6 Å². The number of aliphatic hydroxyl groups is 1. The Morgan fingerprint density at radius 2 is 2.00 bits per heavy atom. The molecule has 2 heterocycles. The lowest BCUT2D eigenvalue weighted by Gasteiger charge is -2.15. The second kappa shape index (κ2) is 4.60. The van der Waals surface area contributed by atoms with Crippen molar-refractivity contribution >= 4 is 11.0 Å². The van der Waals surface area contributed by atoms with Gasteiger partial charge in [-0.1, -0.05) is 30.3 Å². The minimum absolute atomic E-state index is 0.169. The number of hydrogen-bond donors (Lipinski definition) is 1. The maximum Gasteiger partial charge on any atom is 0.170 e. The minimum atomic E-state index is -0.927. The Morgan fingerprint density at radius 3 is 2.81 bits per heavy atom. The van der Waals surface area contributed by atoms with Gasteiger partial charge in [0.05, 0.1) is 0 Å². The molecule has 1 aliphatic heterocycles. The maximum absolute atomic E-state index is 13.6. The third kappa shape index (κ3) is 1.99. The van der Waals surface area contributed by atoms with Gasteiger partial charge in [-0.25, -0.2) is 4.39 Å². The number of furan rings is 1. The summed E-state index contributed by atoms with van der Waals surface area (Å²) in [5.41, 5.74) is 1.23. The molecule has 3 nitrogen and oxygen atoms in total. The number of rotatable bonds is 2. The fourth-order valence-electron chi connectivity index (χ4n) is 2.76. The molecule has 0 aliphatic carbocycles. The third-order valence-electron chi connectivity index (χ3n) is 3.83. The number of ether oxygens (including phenoxy) is 1. The molecule has 2 atom stereocenters. The smallest absolute Gasteiger partial charge is 0.170 e. The Balaban J connectivity index is 1.66.